The van der Waals surface area contributed by atoms with Gasteiger partial charge in [0.15, 0.2) is 0 Å². The summed E-state index contributed by atoms with van der Waals surface area (Å²) in [5.74, 6) is -4.65. The van der Waals surface area contributed by atoms with Gasteiger partial charge in [0.05, 0.1) is 11.8 Å². The van der Waals surface area contributed by atoms with Crippen LogP contribution in [0.25, 0.3) is 0 Å². The van der Waals surface area contributed by atoms with E-state index >= 15 is 0 Å². The molecule has 0 bridgehead atoms. The molecule has 2 atom stereocenters. The van der Waals surface area contributed by atoms with Crippen LogP contribution in [0.5, 0.6) is 0 Å². The van der Waals surface area contributed by atoms with Crippen molar-refractivity contribution in [3.05, 3.63) is 35.9 Å². The fourth-order valence-corrected chi connectivity index (χ4v) is 2.26. The highest BCUT2D eigenvalue weighted by Gasteiger charge is 2.44. The molecule has 2 N–H and O–H groups in total. The molecule has 0 saturated carbocycles. The molecule has 21 heavy (non-hydrogen) atoms. The maximum absolute atomic E-state index is 11.9. The van der Waals surface area contributed by atoms with Gasteiger partial charge in [-0.1, -0.05) is 30.3 Å². The fourth-order valence-electron chi connectivity index (χ4n) is 2.26. The van der Waals surface area contributed by atoms with Crippen molar-refractivity contribution in [1.82, 2.24) is 4.90 Å². The van der Waals surface area contributed by atoms with Gasteiger partial charge in [-0.25, -0.2) is 4.79 Å². The molecular formula is C14H15NO6. The summed E-state index contributed by atoms with van der Waals surface area (Å²) in [7, 11) is 0. The van der Waals surface area contributed by atoms with E-state index < -0.39 is 29.9 Å². The number of carboxylic acid groups (broad SMARTS) is 2. The minimum atomic E-state index is -1.22. The average molecular weight is 293 g/mol. The number of carbonyl (C=O) groups is 3. The molecule has 112 valence electrons. The second kappa shape index (κ2) is 6.25. The summed E-state index contributed by atoms with van der Waals surface area (Å²) in [5, 5.41) is 18.0. The lowest BCUT2D eigenvalue weighted by Crippen LogP contribution is -2.30. The molecule has 1 aromatic rings. The molecule has 0 aliphatic carbocycles. The van der Waals surface area contributed by atoms with E-state index in [2.05, 4.69) is 0 Å². The Morgan fingerprint density at radius 3 is 2.05 bits per heavy atom. The molecule has 1 amide bonds. The van der Waals surface area contributed by atoms with Gasteiger partial charge in [-0.15, -0.1) is 0 Å². The number of hydrogen-bond acceptors (Lipinski definition) is 4. The monoisotopic (exact) mass is 293 g/mol. The summed E-state index contributed by atoms with van der Waals surface area (Å²) in [6.45, 7) is -0.245. The Labute approximate surface area is 120 Å². The molecule has 1 heterocycles. The molecule has 0 spiro atoms. The Kier molecular flexibility index (Phi) is 4.42. The minimum Gasteiger partial charge on any atom is -0.481 e. The van der Waals surface area contributed by atoms with E-state index in [-0.39, 0.29) is 19.7 Å². The summed E-state index contributed by atoms with van der Waals surface area (Å²) in [5.41, 5.74) is 0.801. The standard InChI is InChI=1S/C14H15NO6/c16-12(17)10-6-15(7-11(10)13(18)19)14(20)21-8-9-4-2-1-3-5-9/h1-5,10-11H,6-8H2,(H,16,17)(H,18,19). The van der Waals surface area contributed by atoms with Crippen molar-refractivity contribution in [2.45, 2.75) is 6.61 Å². The number of nitrogens with zero attached hydrogens (tertiary/aromatic N) is 1. The van der Waals surface area contributed by atoms with E-state index in [9.17, 15) is 14.4 Å². The largest absolute Gasteiger partial charge is 0.481 e. The van der Waals surface area contributed by atoms with E-state index in [0.29, 0.717) is 0 Å². The predicted octanol–water partition coefficient (Wildman–Crippen LogP) is 1.04. The van der Waals surface area contributed by atoms with Gasteiger partial charge in [0.2, 0.25) is 0 Å². The average Bonchev–Trinajstić information content (AvgIpc) is 2.91. The quantitative estimate of drug-likeness (QED) is 0.859. The van der Waals surface area contributed by atoms with Crippen molar-refractivity contribution >= 4 is 18.0 Å². The van der Waals surface area contributed by atoms with Gasteiger partial charge in [-0.05, 0) is 5.56 Å². The number of amides is 1. The van der Waals surface area contributed by atoms with Gasteiger partial charge >= 0.3 is 18.0 Å². The van der Waals surface area contributed by atoms with E-state index in [1.165, 1.54) is 0 Å². The van der Waals surface area contributed by atoms with Crippen molar-refractivity contribution in [1.29, 1.82) is 0 Å². The number of carboxylic acids is 2. The number of aliphatic carboxylic acids is 2. The van der Waals surface area contributed by atoms with Crippen LogP contribution in [0.2, 0.25) is 0 Å². The molecule has 1 aliphatic rings. The first-order valence-corrected chi connectivity index (χ1v) is 6.40. The van der Waals surface area contributed by atoms with Crippen LogP contribution in [-0.4, -0.2) is 46.2 Å². The minimum absolute atomic E-state index is 0.0612. The van der Waals surface area contributed by atoms with Crippen molar-refractivity contribution in [3.63, 3.8) is 0 Å². The maximum Gasteiger partial charge on any atom is 0.410 e. The number of likely N-dealkylation sites (tertiary alicyclic amines) is 1. The zero-order valence-corrected chi connectivity index (χ0v) is 11.1. The van der Waals surface area contributed by atoms with E-state index in [1.807, 2.05) is 6.07 Å². The Balaban J connectivity index is 1.94. The van der Waals surface area contributed by atoms with E-state index in [4.69, 9.17) is 14.9 Å². The predicted molar refractivity (Wildman–Crippen MR) is 70.5 cm³/mol. The Bertz CT molecular complexity index is 522. The molecule has 0 aromatic heterocycles. The Hall–Kier alpha value is -2.57. The second-order valence-corrected chi connectivity index (χ2v) is 4.83. The highest BCUT2D eigenvalue weighted by molar-refractivity contribution is 5.83. The number of rotatable bonds is 4. The molecule has 7 nitrogen and oxygen atoms in total. The third kappa shape index (κ3) is 3.50. The maximum atomic E-state index is 11.9. The SMILES string of the molecule is O=C(O)C1CN(C(=O)OCc2ccccc2)CC1C(=O)O. The van der Waals surface area contributed by atoms with Gasteiger partial charge in [-0.2, -0.15) is 0 Å². The summed E-state index contributed by atoms with van der Waals surface area (Å²) in [6.07, 6.45) is -0.700. The van der Waals surface area contributed by atoms with Gasteiger partial charge in [0.1, 0.15) is 6.61 Å². The highest BCUT2D eigenvalue weighted by Crippen LogP contribution is 2.24. The van der Waals surface area contributed by atoms with E-state index in [0.717, 1.165) is 10.5 Å². The van der Waals surface area contributed by atoms with Crippen molar-refractivity contribution < 1.29 is 29.3 Å². The van der Waals surface area contributed by atoms with E-state index in [1.54, 1.807) is 24.3 Å². The normalized spacial score (nSPS) is 21.0. The lowest BCUT2D eigenvalue weighted by molar-refractivity contribution is -0.151. The van der Waals surface area contributed by atoms with Crippen LogP contribution in [-0.2, 0) is 20.9 Å². The zero-order chi connectivity index (χ0) is 15.4. The topological polar surface area (TPSA) is 104 Å². The molecule has 7 heteroatoms. The molecule has 1 aliphatic heterocycles. The number of benzene rings is 1. The van der Waals surface area contributed by atoms with Crippen LogP contribution < -0.4 is 0 Å². The number of ether oxygens (including phenoxy) is 1. The first-order chi connectivity index (χ1) is 9.99. The van der Waals surface area contributed by atoms with Crippen molar-refractivity contribution in [3.8, 4) is 0 Å². The van der Waals surface area contributed by atoms with Gasteiger partial charge in [-0.3, -0.25) is 9.59 Å². The summed E-state index contributed by atoms with van der Waals surface area (Å²) in [4.78, 5) is 35.0. The zero-order valence-electron chi connectivity index (χ0n) is 11.1. The van der Waals surface area contributed by atoms with Crippen LogP contribution in [0.4, 0.5) is 4.79 Å². The van der Waals surface area contributed by atoms with Gasteiger partial charge in [0, 0.05) is 13.1 Å². The summed E-state index contributed by atoms with van der Waals surface area (Å²) in [6, 6.07) is 9.02. The third-order valence-electron chi connectivity index (χ3n) is 3.42. The van der Waals surface area contributed by atoms with Crippen LogP contribution in [0.3, 0.4) is 0 Å². The fraction of sp³-hybridized carbons (Fsp3) is 0.357. The Morgan fingerprint density at radius 1 is 1.05 bits per heavy atom. The van der Waals surface area contributed by atoms with Crippen LogP contribution in [0, 0.1) is 11.8 Å². The first kappa shape index (κ1) is 14.8. The molecule has 2 rings (SSSR count). The smallest absolute Gasteiger partial charge is 0.410 e. The lowest BCUT2D eigenvalue weighted by atomic mass is 9.97. The summed E-state index contributed by atoms with van der Waals surface area (Å²) < 4.78 is 5.07. The van der Waals surface area contributed by atoms with Crippen LogP contribution in [0.1, 0.15) is 5.56 Å². The molecular weight excluding hydrogens is 278 g/mol. The molecule has 1 saturated heterocycles. The van der Waals surface area contributed by atoms with Crippen molar-refractivity contribution in [2.24, 2.45) is 11.8 Å². The molecule has 0 radical (unpaired) electrons. The second-order valence-electron chi connectivity index (χ2n) is 4.83. The van der Waals surface area contributed by atoms with Crippen molar-refractivity contribution in [2.75, 3.05) is 13.1 Å². The van der Waals surface area contributed by atoms with Crippen LogP contribution >= 0.6 is 0 Å². The highest BCUT2D eigenvalue weighted by atomic mass is 16.6. The first-order valence-electron chi connectivity index (χ1n) is 6.40. The molecule has 1 fully saturated rings. The van der Waals surface area contributed by atoms with Gasteiger partial charge in [0.25, 0.3) is 0 Å². The van der Waals surface area contributed by atoms with Gasteiger partial charge < -0.3 is 19.8 Å². The lowest BCUT2D eigenvalue weighted by Gasteiger charge is -2.15. The third-order valence-corrected chi connectivity index (χ3v) is 3.42. The summed E-state index contributed by atoms with van der Waals surface area (Å²) >= 11 is 0. The molecule has 1 aromatic carbocycles. The Morgan fingerprint density at radius 2 is 1.57 bits per heavy atom. The number of hydrogen-bond donors (Lipinski definition) is 2. The van der Waals surface area contributed by atoms with Crippen LogP contribution in [0.15, 0.2) is 30.3 Å². The number of carbonyl (C=O) groups excluding carboxylic acids is 1. The molecule has 2 unspecified atom stereocenters.